The Morgan fingerprint density at radius 1 is 1.03 bits per heavy atom. The fourth-order valence-corrected chi connectivity index (χ4v) is 5.89. The van der Waals surface area contributed by atoms with E-state index in [0.29, 0.717) is 6.42 Å². The summed E-state index contributed by atoms with van der Waals surface area (Å²) in [7, 11) is 0. The standard InChI is InChI=1S/C24H29N3OS2/c1-17-6-8-20(9-7-17)29-14-4-5-22(28)26-10-12-27(13-11-26)24-25-23-19(3)15-18(2)16-21(23)30-24/h6-9,15-16H,4-5,10-14H2,1-3H3. The van der Waals surface area contributed by atoms with Crippen LogP contribution in [0.2, 0.25) is 0 Å². The van der Waals surface area contributed by atoms with Gasteiger partial charge < -0.3 is 9.80 Å². The number of aromatic nitrogens is 1. The lowest BCUT2D eigenvalue weighted by Gasteiger charge is -2.34. The highest BCUT2D eigenvalue weighted by atomic mass is 32.2. The average Bonchev–Trinajstić information content (AvgIpc) is 3.17. The molecule has 30 heavy (non-hydrogen) atoms. The minimum absolute atomic E-state index is 0.287. The van der Waals surface area contributed by atoms with E-state index < -0.39 is 0 Å². The molecule has 0 aliphatic carbocycles. The maximum absolute atomic E-state index is 12.6. The number of benzene rings is 2. The summed E-state index contributed by atoms with van der Waals surface area (Å²) >= 11 is 3.60. The van der Waals surface area contributed by atoms with Gasteiger partial charge in [-0.15, -0.1) is 11.8 Å². The fourth-order valence-electron chi connectivity index (χ4n) is 3.85. The summed E-state index contributed by atoms with van der Waals surface area (Å²) in [5.41, 5.74) is 4.92. The number of fused-ring (bicyclic) bond motifs is 1. The average molecular weight is 440 g/mol. The third kappa shape index (κ3) is 4.98. The summed E-state index contributed by atoms with van der Waals surface area (Å²) in [6.07, 6.45) is 1.56. The number of aryl methyl sites for hydroxylation is 3. The lowest BCUT2D eigenvalue weighted by Crippen LogP contribution is -2.48. The number of hydrogen-bond acceptors (Lipinski definition) is 5. The Morgan fingerprint density at radius 2 is 1.77 bits per heavy atom. The highest BCUT2D eigenvalue weighted by molar-refractivity contribution is 7.99. The maximum Gasteiger partial charge on any atom is 0.222 e. The van der Waals surface area contributed by atoms with Crippen molar-refractivity contribution in [1.82, 2.24) is 9.88 Å². The van der Waals surface area contributed by atoms with Gasteiger partial charge in [-0.05, 0) is 62.3 Å². The van der Waals surface area contributed by atoms with Gasteiger partial charge in [0.25, 0.3) is 0 Å². The molecule has 0 unspecified atom stereocenters. The summed E-state index contributed by atoms with van der Waals surface area (Å²) in [4.78, 5) is 23.1. The van der Waals surface area contributed by atoms with Gasteiger partial charge in [-0.25, -0.2) is 4.98 Å². The highest BCUT2D eigenvalue weighted by Crippen LogP contribution is 2.32. The van der Waals surface area contributed by atoms with Crippen LogP contribution < -0.4 is 4.90 Å². The molecule has 0 saturated carbocycles. The zero-order valence-electron chi connectivity index (χ0n) is 18.0. The third-order valence-electron chi connectivity index (χ3n) is 5.55. The number of hydrogen-bond donors (Lipinski definition) is 0. The molecule has 4 rings (SSSR count). The molecule has 4 nitrogen and oxygen atoms in total. The third-order valence-corrected chi connectivity index (χ3v) is 7.71. The van der Waals surface area contributed by atoms with E-state index in [4.69, 9.17) is 4.98 Å². The second-order valence-electron chi connectivity index (χ2n) is 8.06. The Balaban J connectivity index is 1.24. The van der Waals surface area contributed by atoms with Crippen molar-refractivity contribution in [3.05, 3.63) is 53.1 Å². The summed E-state index contributed by atoms with van der Waals surface area (Å²) in [5, 5.41) is 1.08. The second-order valence-corrected chi connectivity index (χ2v) is 10.2. The number of thiazole rings is 1. The highest BCUT2D eigenvalue weighted by Gasteiger charge is 2.23. The summed E-state index contributed by atoms with van der Waals surface area (Å²) < 4.78 is 1.26. The molecule has 3 aromatic rings. The van der Waals surface area contributed by atoms with Crippen molar-refractivity contribution in [2.45, 2.75) is 38.5 Å². The van der Waals surface area contributed by atoms with Crippen molar-refractivity contribution in [3.8, 4) is 0 Å². The molecule has 0 atom stereocenters. The number of carbonyl (C=O) groups is 1. The molecule has 0 radical (unpaired) electrons. The van der Waals surface area contributed by atoms with E-state index in [1.165, 1.54) is 26.3 Å². The van der Waals surface area contributed by atoms with Crippen LogP contribution >= 0.6 is 23.1 Å². The number of amides is 1. The monoisotopic (exact) mass is 439 g/mol. The smallest absolute Gasteiger partial charge is 0.222 e. The van der Waals surface area contributed by atoms with E-state index in [0.717, 1.165) is 49.0 Å². The second kappa shape index (κ2) is 9.40. The number of nitrogens with zero attached hydrogens (tertiary/aromatic N) is 3. The topological polar surface area (TPSA) is 36.4 Å². The van der Waals surface area contributed by atoms with Crippen LogP contribution in [-0.4, -0.2) is 47.7 Å². The Kier molecular flexibility index (Phi) is 6.64. The predicted octanol–water partition coefficient (Wildman–Crippen LogP) is 5.44. The molecule has 1 aromatic heterocycles. The molecule has 0 spiro atoms. The maximum atomic E-state index is 12.6. The molecule has 0 N–H and O–H groups in total. The Labute approximate surface area is 187 Å². The number of piperazine rings is 1. The Morgan fingerprint density at radius 3 is 2.50 bits per heavy atom. The first kappa shape index (κ1) is 21.2. The van der Waals surface area contributed by atoms with Gasteiger partial charge in [0.15, 0.2) is 5.13 Å². The molecule has 1 aliphatic heterocycles. The minimum Gasteiger partial charge on any atom is -0.345 e. The molecule has 0 bridgehead atoms. The van der Waals surface area contributed by atoms with Gasteiger partial charge in [0.1, 0.15) is 0 Å². The van der Waals surface area contributed by atoms with Gasteiger partial charge in [-0.3, -0.25) is 4.79 Å². The van der Waals surface area contributed by atoms with Crippen LogP contribution in [0.3, 0.4) is 0 Å². The first-order valence-corrected chi connectivity index (χ1v) is 12.4. The molecular weight excluding hydrogens is 410 g/mol. The van der Waals surface area contributed by atoms with Gasteiger partial charge in [0.2, 0.25) is 5.91 Å². The van der Waals surface area contributed by atoms with Crippen LogP contribution in [0.15, 0.2) is 41.3 Å². The molecule has 1 fully saturated rings. The quantitative estimate of drug-likeness (QED) is 0.378. The first-order valence-electron chi connectivity index (χ1n) is 10.6. The lowest BCUT2D eigenvalue weighted by atomic mass is 10.1. The van der Waals surface area contributed by atoms with Crippen molar-refractivity contribution < 1.29 is 4.79 Å². The molecule has 2 aromatic carbocycles. The van der Waals surface area contributed by atoms with Gasteiger partial charge in [0, 0.05) is 37.5 Å². The van der Waals surface area contributed by atoms with Crippen molar-refractivity contribution in [2.24, 2.45) is 0 Å². The van der Waals surface area contributed by atoms with Crippen molar-refractivity contribution in [3.63, 3.8) is 0 Å². The molecule has 1 saturated heterocycles. The van der Waals surface area contributed by atoms with Gasteiger partial charge >= 0.3 is 0 Å². The molecule has 6 heteroatoms. The van der Waals surface area contributed by atoms with E-state index in [1.807, 2.05) is 16.7 Å². The van der Waals surface area contributed by atoms with E-state index in [2.05, 4.69) is 62.1 Å². The van der Waals surface area contributed by atoms with Crippen LogP contribution in [0.1, 0.15) is 29.5 Å². The molecule has 1 aliphatic rings. The zero-order chi connectivity index (χ0) is 21.1. The van der Waals surface area contributed by atoms with Crippen LogP contribution in [0, 0.1) is 20.8 Å². The van der Waals surface area contributed by atoms with E-state index >= 15 is 0 Å². The van der Waals surface area contributed by atoms with Crippen LogP contribution in [0.25, 0.3) is 10.2 Å². The molecule has 158 valence electrons. The van der Waals surface area contributed by atoms with Crippen LogP contribution in [-0.2, 0) is 4.79 Å². The van der Waals surface area contributed by atoms with Crippen LogP contribution in [0.5, 0.6) is 0 Å². The fraction of sp³-hybridized carbons (Fsp3) is 0.417. The Bertz CT molecular complexity index is 1020. The molecule has 1 amide bonds. The van der Waals surface area contributed by atoms with Crippen LogP contribution in [0.4, 0.5) is 5.13 Å². The number of thioether (sulfide) groups is 1. The van der Waals surface area contributed by atoms with E-state index in [9.17, 15) is 4.79 Å². The summed E-state index contributed by atoms with van der Waals surface area (Å²) in [5.74, 6) is 1.27. The Hall–Kier alpha value is -2.05. The van der Waals surface area contributed by atoms with Gasteiger partial charge in [-0.1, -0.05) is 35.1 Å². The lowest BCUT2D eigenvalue weighted by molar-refractivity contribution is -0.131. The molecular formula is C24H29N3OS2. The van der Waals surface area contributed by atoms with Crippen molar-refractivity contribution in [1.29, 1.82) is 0 Å². The number of carbonyl (C=O) groups excluding carboxylic acids is 1. The van der Waals surface area contributed by atoms with Crippen molar-refractivity contribution in [2.75, 3.05) is 36.8 Å². The zero-order valence-corrected chi connectivity index (χ0v) is 19.6. The summed E-state index contributed by atoms with van der Waals surface area (Å²) in [6, 6.07) is 13.0. The molecule has 2 heterocycles. The van der Waals surface area contributed by atoms with Crippen molar-refractivity contribution >= 4 is 44.4 Å². The predicted molar refractivity (Wildman–Crippen MR) is 129 cm³/mol. The number of anilines is 1. The first-order chi connectivity index (χ1) is 14.5. The van der Waals surface area contributed by atoms with E-state index in [1.54, 1.807) is 11.3 Å². The number of rotatable bonds is 6. The van der Waals surface area contributed by atoms with Gasteiger partial charge in [0.05, 0.1) is 10.2 Å². The van der Waals surface area contributed by atoms with E-state index in [-0.39, 0.29) is 5.91 Å². The SMILES string of the molecule is Cc1ccc(SCCCC(=O)N2CCN(c3nc4c(C)cc(C)cc4s3)CC2)cc1. The normalized spacial score (nSPS) is 14.5. The summed E-state index contributed by atoms with van der Waals surface area (Å²) in [6.45, 7) is 9.67. The van der Waals surface area contributed by atoms with Gasteiger partial charge in [-0.2, -0.15) is 0 Å². The minimum atomic E-state index is 0.287. The largest absolute Gasteiger partial charge is 0.345 e.